The van der Waals surface area contributed by atoms with Gasteiger partial charge in [0.2, 0.25) is 5.56 Å². The Morgan fingerprint density at radius 2 is 2.14 bits per heavy atom. The first-order chi connectivity index (χ1) is 9.99. The fourth-order valence-corrected chi connectivity index (χ4v) is 2.34. The summed E-state index contributed by atoms with van der Waals surface area (Å²) in [6, 6.07) is 4.72. The van der Waals surface area contributed by atoms with Gasteiger partial charge >= 0.3 is 5.97 Å². The van der Waals surface area contributed by atoms with E-state index in [4.69, 9.17) is 0 Å². The minimum absolute atomic E-state index is 0.0638. The van der Waals surface area contributed by atoms with E-state index in [-0.39, 0.29) is 5.56 Å². The van der Waals surface area contributed by atoms with Crippen molar-refractivity contribution in [3.05, 3.63) is 51.6 Å². The smallest absolute Gasteiger partial charge is 0.336 e. The van der Waals surface area contributed by atoms with E-state index >= 15 is 0 Å². The number of carboxylic acid groups (broad SMARTS) is 1. The maximum atomic E-state index is 11.7. The molecule has 0 amide bonds. The molecule has 2 N–H and O–H groups in total. The highest BCUT2D eigenvalue weighted by molar-refractivity contribution is 6.02. The van der Waals surface area contributed by atoms with Gasteiger partial charge in [0, 0.05) is 12.3 Å². The fraction of sp³-hybridized carbons (Fsp3) is 0.143. The molecule has 0 bridgehead atoms. The van der Waals surface area contributed by atoms with Crippen LogP contribution < -0.4 is 5.56 Å². The lowest BCUT2D eigenvalue weighted by molar-refractivity contribution is 0.0698. The summed E-state index contributed by atoms with van der Waals surface area (Å²) in [5.41, 5.74) is 1.16. The standard InChI is InChI=1S/C14H12N4O3/c1-7-4-3-5-15-12(7)18-13-11(8(2)17-18)9(14(20)21)6-10(19)16-13/h3-6H,1-2H3,(H,16,19)(H,20,21). The number of aromatic nitrogens is 4. The predicted molar refractivity (Wildman–Crippen MR) is 75.9 cm³/mol. The van der Waals surface area contributed by atoms with Crippen LogP contribution in [0.4, 0.5) is 0 Å². The van der Waals surface area contributed by atoms with Crippen LogP contribution in [-0.4, -0.2) is 30.8 Å². The zero-order valence-corrected chi connectivity index (χ0v) is 11.4. The van der Waals surface area contributed by atoms with Crippen molar-refractivity contribution in [2.75, 3.05) is 0 Å². The van der Waals surface area contributed by atoms with Crippen LogP contribution in [0.15, 0.2) is 29.2 Å². The second-order valence-corrected chi connectivity index (χ2v) is 4.72. The van der Waals surface area contributed by atoms with Crippen molar-refractivity contribution in [1.29, 1.82) is 0 Å². The molecule has 0 aliphatic carbocycles. The molecule has 3 aromatic rings. The summed E-state index contributed by atoms with van der Waals surface area (Å²) in [5, 5.41) is 14.0. The van der Waals surface area contributed by atoms with Crippen LogP contribution in [0.1, 0.15) is 21.6 Å². The second-order valence-electron chi connectivity index (χ2n) is 4.72. The normalized spacial score (nSPS) is 11.0. The van der Waals surface area contributed by atoms with Crippen LogP contribution in [0, 0.1) is 13.8 Å². The zero-order valence-electron chi connectivity index (χ0n) is 11.4. The van der Waals surface area contributed by atoms with E-state index in [1.165, 1.54) is 4.68 Å². The molecule has 106 valence electrons. The van der Waals surface area contributed by atoms with Crippen molar-refractivity contribution in [2.45, 2.75) is 13.8 Å². The third-order valence-corrected chi connectivity index (χ3v) is 3.26. The van der Waals surface area contributed by atoms with Gasteiger partial charge in [0.05, 0.1) is 16.6 Å². The molecule has 0 fully saturated rings. The Morgan fingerprint density at radius 3 is 2.81 bits per heavy atom. The Bertz CT molecular complexity index is 924. The van der Waals surface area contributed by atoms with Crippen LogP contribution in [0.2, 0.25) is 0 Å². The zero-order chi connectivity index (χ0) is 15.1. The lowest BCUT2D eigenvalue weighted by Crippen LogP contribution is -2.12. The lowest BCUT2D eigenvalue weighted by atomic mass is 10.1. The van der Waals surface area contributed by atoms with E-state index in [2.05, 4.69) is 15.1 Å². The molecular formula is C14H12N4O3. The minimum Gasteiger partial charge on any atom is -0.478 e. The monoisotopic (exact) mass is 284 g/mol. The molecule has 0 atom stereocenters. The average Bonchev–Trinajstić information content (AvgIpc) is 2.75. The quantitative estimate of drug-likeness (QED) is 0.741. The van der Waals surface area contributed by atoms with Crippen LogP contribution in [0.25, 0.3) is 16.9 Å². The number of aromatic carboxylic acids is 1. The predicted octanol–water partition coefficient (Wildman–Crippen LogP) is 1.42. The van der Waals surface area contributed by atoms with E-state index in [1.807, 2.05) is 13.0 Å². The molecule has 3 heterocycles. The van der Waals surface area contributed by atoms with E-state index in [0.29, 0.717) is 22.5 Å². The minimum atomic E-state index is -1.16. The largest absolute Gasteiger partial charge is 0.478 e. The Labute approximate surface area is 118 Å². The fourth-order valence-electron chi connectivity index (χ4n) is 2.34. The van der Waals surface area contributed by atoms with E-state index in [9.17, 15) is 14.7 Å². The maximum Gasteiger partial charge on any atom is 0.336 e. The summed E-state index contributed by atoms with van der Waals surface area (Å²) in [5.74, 6) is -0.611. The van der Waals surface area contributed by atoms with Crippen molar-refractivity contribution in [2.24, 2.45) is 0 Å². The number of carbonyl (C=O) groups is 1. The summed E-state index contributed by atoms with van der Waals surface area (Å²) in [6.07, 6.45) is 1.62. The molecule has 7 nitrogen and oxygen atoms in total. The number of aromatic amines is 1. The Hall–Kier alpha value is -2.96. The first-order valence-corrected chi connectivity index (χ1v) is 6.27. The van der Waals surface area contributed by atoms with Gasteiger partial charge in [-0.05, 0) is 25.5 Å². The average molecular weight is 284 g/mol. The van der Waals surface area contributed by atoms with Gasteiger partial charge < -0.3 is 10.1 Å². The van der Waals surface area contributed by atoms with E-state index < -0.39 is 11.5 Å². The van der Waals surface area contributed by atoms with E-state index in [1.54, 1.807) is 19.2 Å². The number of nitrogens with zero attached hydrogens (tertiary/aromatic N) is 3. The molecule has 0 aromatic carbocycles. The van der Waals surface area contributed by atoms with Gasteiger partial charge in [-0.25, -0.2) is 9.78 Å². The number of hydrogen-bond acceptors (Lipinski definition) is 4. The Kier molecular flexibility index (Phi) is 2.83. The van der Waals surface area contributed by atoms with Gasteiger partial charge in [-0.2, -0.15) is 9.78 Å². The molecule has 3 aromatic heterocycles. The van der Waals surface area contributed by atoms with Gasteiger partial charge in [0.15, 0.2) is 5.82 Å². The number of rotatable bonds is 2. The maximum absolute atomic E-state index is 11.7. The number of pyridine rings is 2. The molecule has 0 spiro atoms. The number of carboxylic acids is 1. The van der Waals surface area contributed by atoms with Gasteiger partial charge in [-0.1, -0.05) is 6.07 Å². The molecule has 0 radical (unpaired) electrons. The Balaban J connectivity index is 2.45. The molecule has 0 aliphatic heterocycles. The van der Waals surface area contributed by atoms with Crippen LogP contribution in [0.3, 0.4) is 0 Å². The molecule has 0 unspecified atom stereocenters. The molecular weight excluding hydrogens is 272 g/mol. The molecule has 3 rings (SSSR count). The van der Waals surface area contributed by atoms with Crippen LogP contribution in [-0.2, 0) is 0 Å². The van der Waals surface area contributed by atoms with Crippen molar-refractivity contribution in [1.82, 2.24) is 19.7 Å². The summed E-state index contributed by atoms with van der Waals surface area (Å²) >= 11 is 0. The SMILES string of the molecule is Cc1cccnc1-n1nc(C)c2c(C(=O)O)cc(=O)[nH]c21. The molecule has 0 saturated carbocycles. The summed E-state index contributed by atoms with van der Waals surface area (Å²) in [6.45, 7) is 3.56. The molecule has 0 aliphatic rings. The van der Waals surface area contributed by atoms with Crippen LogP contribution in [0.5, 0.6) is 0 Å². The number of nitrogens with one attached hydrogen (secondary N) is 1. The number of hydrogen-bond donors (Lipinski definition) is 2. The van der Waals surface area contributed by atoms with Crippen LogP contribution >= 0.6 is 0 Å². The Morgan fingerprint density at radius 1 is 1.38 bits per heavy atom. The summed E-state index contributed by atoms with van der Waals surface area (Å²) in [7, 11) is 0. The van der Waals surface area contributed by atoms with Crippen molar-refractivity contribution in [3.8, 4) is 5.82 Å². The summed E-state index contributed by atoms with van der Waals surface area (Å²) in [4.78, 5) is 29.9. The van der Waals surface area contributed by atoms with Gasteiger partial charge in [-0.15, -0.1) is 0 Å². The lowest BCUT2D eigenvalue weighted by Gasteiger charge is -2.05. The third kappa shape index (κ3) is 1.99. The number of fused-ring (bicyclic) bond motifs is 1. The molecule has 0 saturated heterocycles. The first kappa shape index (κ1) is 13.0. The van der Waals surface area contributed by atoms with E-state index in [0.717, 1.165) is 11.6 Å². The second kappa shape index (κ2) is 4.55. The first-order valence-electron chi connectivity index (χ1n) is 6.27. The topological polar surface area (TPSA) is 101 Å². The molecule has 21 heavy (non-hydrogen) atoms. The van der Waals surface area contributed by atoms with Crippen molar-refractivity contribution in [3.63, 3.8) is 0 Å². The number of H-pyrrole nitrogens is 1. The van der Waals surface area contributed by atoms with Crippen molar-refractivity contribution < 1.29 is 9.90 Å². The highest BCUT2D eigenvalue weighted by atomic mass is 16.4. The van der Waals surface area contributed by atoms with Crippen molar-refractivity contribution >= 4 is 17.0 Å². The highest BCUT2D eigenvalue weighted by Crippen LogP contribution is 2.22. The number of aryl methyl sites for hydroxylation is 2. The highest BCUT2D eigenvalue weighted by Gasteiger charge is 2.19. The van der Waals surface area contributed by atoms with Gasteiger partial charge in [-0.3, -0.25) is 4.79 Å². The summed E-state index contributed by atoms with van der Waals surface area (Å²) < 4.78 is 1.47. The third-order valence-electron chi connectivity index (χ3n) is 3.26. The molecule has 7 heteroatoms. The van der Waals surface area contributed by atoms with Gasteiger partial charge in [0.1, 0.15) is 5.65 Å². The van der Waals surface area contributed by atoms with Gasteiger partial charge in [0.25, 0.3) is 0 Å².